The molecule has 3 atom stereocenters. The maximum atomic E-state index is 13.0. The third-order valence-corrected chi connectivity index (χ3v) is 5.27. The third-order valence-electron chi connectivity index (χ3n) is 5.27. The summed E-state index contributed by atoms with van der Waals surface area (Å²) in [4.78, 5) is 6.91. The van der Waals surface area contributed by atoms with E-state index in [2.05, 4.69) is 15.2 Å². The molecule has 1 aliphatic heterocycles. The van der Waals surface area contributed by atoms with Crippen LogP contribution in [-0.2, 0) is 0 Å². The van der Waals surface area contributed by atoms with Crippen LogP contribution in [0.4, 0.5) is 4.39 Å². The molecule has 2 heterocycles. The number of hydrogen-bond acceptors (Lipinski definition) is 3. The van der Waals surface area contributed by atoms with Crippen molar-refractivity contribution in [2.24, 2.45) is 5.92 Å². The molecule has 21 heavy (non-hydrogen) atoms. The first kappa shape index (κ1) is 14.9. The van der Waals surface area contributed by atoms with Crippen molar-refractivity contribution < 1.29 is 4.39 Å². The first-order chi connectivity index (χ1) is 10.3. The summed E-state index contributed by atoms with van der Waals surface area (Å²) in [6.45, 7) is 2.36. The molecule has 3 rings (SSSR count). The fourth-order valence-electron chi connectivity index (χ4n) is 4.16. The number of hydrogen-bond donors (Lipinski definition) is 1. The highest BCUT2D eigenvalue weighted by atomic mass is 19.1. The van der Waals surface area contributed by atoms with Gasteiger partial charge in [-0.2, -0.15) is 0 Å². The molecule has 0 amide bonds. The molecule has 3 unspecified atom stereocenters. The first-order valence-corrected chi connectivity index (χ1v) is 8.30. The Kier molecular flexibility index (Phi) is 4.86. The van der Waals surface area contributed by atoms with E-state index in [9.17, 15) is 4.39 Å². The number of aromatic nitrogens is 1. The zero-order chi connectivity index (χ0) is 14.7. The lowest BCUT2D eigenvalue weighted by molar-refractivity contribution is 0.108. The average molecular weight is 291 g/mol. The summed E-state index contributed by atoms with van der Waals surface area (Å²) in [7, 11) is 1.96. The number of piperidine rings is 1. The quantitative estimate of drug-likeness (QED) is 0.903. The van der Waals surface area contributed by atoms with Crippen LogP contribution in [0, 0.1) is 11.7 Å². The minimum Gasteiger partial charge on any atom is -0.312 e. The number of nitrogens with zero attached hydrogens (tertiary/aromatic N) is 2. The number of halogens is 1. The second-order valence-electron chi connectivity index (χ2n) is 6.47. The summed E-state index contributed by atoms with van der Waals surface area (Å²) in [6.07, 6.45) is 9.34. The molecule has 116 valence electrons. The lowest BCUT2D eigenvalue weighted by atomic mass is 9.91. The van der Waals surface area contributed by atoms with Gasteiger partial charge in [0.05, 0.1) is 17.9 Å². The van der Waals surface area contributed by atoms with Crippen molar-refractivity contribution in [3.63, 3.8) is 0 Å². The lowest BCUT2D eigenvalue weighted by Gasteiger charge is -2.38. The SMILES string of the molecule is CNC(CCN1CCCC2CCCC21)c1ccc(F)cn1. The molecule has 1 aliphatic carbocycles. The summed E-state index contributed by atoms with van der Waals surface area (Å²) in [5.74, 6) is 0.675. The van der Waals surface area contributed by atoms with Crippen LogP contribution in [-0.4, -0.2) is 36.1 Å². The zero-order valence-electron chi connectivity index (χ0n) is 12.9. The molecule has 0 bridgehead atoms. The number of pyridine rings is 1. The highest BCUT2D eigenvalue weighted by Gasteiger charge is 2.34. The van der Waals surface area contributed by atoms with Gasteiger partial charge in [0.25, 0.3) is 0 Å². The van der Waals surface area contributed by atoms with Crippen LogP contribution in [0.3, 0.4) is 0 Å². The molecule has 4 heteroatoms. The maximum absolute atomic E-state index is 13.0. The second kappa shape index (κ2) is 6.84. The predicted molar refractivity (Wildman–Crippen MR) is 82.5 cm³/mol. The minimum absolute atomic E-state index is 0.215. The van der Waals surface area contributed by atoms with E-state index in [1.165, 1.54) is 50.9 Å². The van der Waals surface area contributed by atoms with Gasteiger partial charge in [0, 0.05) is 12.6 Å². The van der Waals surface area contributed by atoms with Gasteiger partial charge in [-0.15, -0.1) is 0 Å². The highest BCUT2D eigenvalue weighted by Crippen LogP contribution is 2.37. The fourth-order valence-corrected chi connectivity index (χ4v) is 4.16. The lowest BCUT2D eigenvalue weighted by Crippen LogP contribution is -2.43. The van der Waals surface area contributed by atoms with E-state index >= 15 is 0 Å². The van der Waals surface area contributed by atoms with Gasteiger partial charge in [0.1, 0.15) is 5.82 Å². The molecule has 3 nitrogen and oxygen atoms in total. The number of nitrogens with one attached hydrogen (secondary N) is 1. The number of rotatable bonds is 5. The van der Waals surface area contributed by atoms with Crippen LogP contribution in [0.25, 0.3) is 0 Å². The Hall–Kier alpha value is -1.00. The molecule has 2 fully saturated rings. The van der Waals surface area contributed by atoms with Crippen molar-refractivity contribution >= 4 is 0 Å². The molecular weight excluding hydrogens is 265 g/mol. The molecule has 1 aromatic rings. The molecule has 2 aliphatic rings. The van der Waals surface area contributed by atoms with E-state index in [1.54, 1.807) is 6.07 Å². The van der Waals surface area contributed by atoms with E-state index in [-0.39, 0.29) is 11.9 Å². The van der Waals surface area contributed by atoms with Crippen LogP contribution in [0.5, 0.6) is 0 Å². The normalized spacial score (nSPS) is 27.5. The number of fused-ring (bicyclic) bond motifs is 1. The minimum atomic E-state index is -0.265. The topological polar surface area (TPSA) is 28.2 Å². The predicted octanol–water partition coefficient (Wildman–Crippen LogP) is 3.14. The van der Waals surface area contributed by atoms with Crippen LogP contribution in [0.15, 0.2) is 18.3 Å². The van der Waals surface area contributed by atoms with Crippen molar-refractivity contribution in [1.82, 2.24) is 15.2 Å². The van der Waals surface area contributed by atoms with Gasteiger partial charge in [-0.1, -0.05) is 6.42 Å². The second-order valence-corrected chi connectivity index (χ2v) is 6.47. The first-order valence-electron chi connectivity index (χ1n) is 8.30. The highest BCUT2D eigenvalue weighted by molar-refractivity contribution is 5.10. The van der Waals surface area contributed by atoms with Crippen LogP contribution >= 0.6 is 0 Å². The van der Waals surface area contributed by atoms with Gasteiger partial charge in [-0.05, 0) is 63.7 Å². The Balaban J connectivity index is 1.58. The molecule has 0 spiro atoms. The molecule has 0 aromatic carbocycles. The van der Waals surface area contributed by atoms with Crippen LogP contribution < -0.4 is 5.32 Å². The summed E-state index contributed by atoms with van der Waals surface area (Å²) in [6, 6.07) is 4.33. The average Bonchev–Trinajstić information content (AvgIpc) is 2.99. The van der Waals surface area contributed by atoms with Crippen molar-refractivity contribution in [1.29, 1.82) is 0 Å². The number of likely N-dealkylation sites (tertiary alicyclic amines) is 1. The summed E-state index contributed by atoms with van der Waals surface area (Å²) in [5, 5.41) is 3.33. The Morgan fingerprint density at radius 1 is 1.33 bits per heavy atom. The van der Waals surface area contributed by atoms with E-state index in [0.29, 0.717) is 0 Å². The summed E-state index contributed by atoms with van der Waals surface area (Å²) in [5.41, 5.74) is 0.943. The Morgan fingerprint density at radius 3 is 2.95 bits per heavy atom. The van der Waals surface area contributed by atoms with Crippen molar-refractivity contribution in [3.8, 4) is 0 Å². The van der Waals surface area contributed by atoms with Gasteiger partial charge < -0.3 is 10.2 Å². The van der Waals surface area contributed by atoms with Crippen molar-refractivity contribution in [2.75, 3.05) is 20.1 Å². The van der Waals surface area contributed by atoms with E-state index < -0.39 is 0 Å². The Morgan fingerprint density at radius 2 is 2.19 bits per heavy atom. The van der Waals surface area contributed by atoms with Crippen LogP contribution in [0.1, 0.15) is 50.3 Å². The largest absolute Gasteiger partial charge is 0.312 e. The monoisotopic (exact) mass is 291 g/mol. The molecule has 1 aromatic heterocycles. The van der Waals surface area contributed by atoms with Gasteiger partial charge in [0.15, 0.2) is 0 Å². The summed E-state index contributed by atoms with van der Waals surface area (Å²) < 4.78 is 13.0. The molecule has 1 saturated heterocycles. The molecular formula is C17H26FN3. The van der Waals surface area contributed by atoms with Gasteiger partial charge >= 0.3 is 0 Å². The van der Waals surface area contributed by atoms with Crippen molar-refractivity contribution in [3.05, 3.63) is 29.8 Å². The Bertz CT molecular complexity index is 448. The molecule has 0 radical (unpaired) electrons. The fraction of sp³-hybridized carbons (Fsp3) is 0.706. The van der Waals surface area contributed by atoms with Crippen LogP contribution in [0.2, 0.25) is 0 Å². The third kappa shape index (κ3) is 3.43. The van der Waals surface area contributed by atoms with Gasteiger partial charge in [-0.3, -0.25) is 4.98 Å². The van der Waals surface area contributed by atoms with E-state index in [4.69, 9.17) is 0 Å². The summed E-state index contributed by atoms with van der Waals surface area (Å²) >= 11 is 0. The standard InChI is InChI=1S/C17H26FN3/c1-19-15(16-8-7-14(18)12-20-16)9-11-21-10-3-5-13-4-2-6-17(13)21/h7-8,12-13,15,17,19H,2-6,9-11H2,1H3. The van der Waals surface area contributed by atoms with Crippen molar-refractivity contribution in [2.45, 2.75) is 50.6 Å². The maximum Gasteiger partial charge on any atom is 0.141 e. The Labute approximate surface area is 126 Å². The smallest absolute Gasteiger partial charge is 0.141 e. The molecule has 1 saturated carbocycles. The zero-order valence-corrected chi connectivity index (χ0v) is 12.9. The molecule has 1 N–H and O–H groups in total. The van der Waals surface area contributed by atoms with E-state index in [0.717, 1.165) is 30.6 Å². The van der Waals surface area contributed by atoms with Gasteiger partial charge in [0.2, 0.25) is 0 Å². The van der Waals surface area contributed by atoms with E-state index in [1.807, 2.05) is 7.05 Å². The van der Waals surface area contributed by atoms with Gasteiger partial charge in [-0.25, -0.2) is 4.39 Å².